The lowest BCUT2D eigenvalue weighted by Crippen LogP contribution is -2.33. The topological polar surface area (TPSA) is 12.0 Å². The number of hydrogen-bond donors (Lipinski definition) is 1. The van der Waals surface area contributed by atoms with Gasteiger partial charge in [0.15, 0.2) is 11.6 Å². The summed E-state index contributed by atoms with van der Waals surface area (Å²) in [4.78, 5) is 0. The van der Waals surface area contributed by atoms with Crippen molar-refractivity contribution in [2.75, 3.05) is 13.1 Å². The summed E-state index contributed by atoms with van der Waals surface area (Å²) < 4.78 is 25.9. The lowest BCUT2D eigenvalue weighted by atomic mass is 9.70. The summed E-state index contributed by atoms with van der Waals surface area (Å²) in [5.41, 5.74) is 0.938. The molecule has 3 heteroatoms. The van der Waals surface area contributed by atoms with E-state index in [1.807, 2.05) is 0 Å². The van der Waals surface area contributed by atoms with Crippen LogP contribution in [0.15, 0.2) is 18.2 Å². The lowest BCUT2D eigenvalue weighted by molar-refractivity contribution is 0.246. The average molecular weight is 225 g/mol. The maximum absolute atomic E-state index is 13.1. The average Bonchev–Trinajstić information content (AvgIpc) is 2.22. The second kappa shape index (κ2) is 4.91. The third-order valence-corrected chi connectivity index (χ3v) is 3.45. The van der Waals surface area contributed by atoms with Crippen molar-refractivity contribution in [2.45, 2.75) is 25.7 Å². The van der Waals surface area contributed by atoms with E-state index in [1.54, 1.807) is 6.07 Å². The molecule has 0 radical (unpaired) electrons. The lowest BCUT2D eigenvalue weighted by Gasteiger charge is -2.37. The largest absolute Gasteiger partial charge is 0.317 e. The first-order valence-electron chi connectivity index (χ1n) is 5.88. The van der Waals surface area contributed by atoms with E-state index in [2.05, 4.69) is 12.2 Å². The first-order chi connectivity index (χ1) is 7.72. The Bertz CT molecular complexity index is 365. The molecule has 1 N–H and O–H groups in total. The van der Waals surface area contributed by atoms with Crippen LogP contribution in [0.3, 0.4) is 0 Å². The van der Waals surface area contributed by atoms with Crippen LogP contribution in [-0.4, -0.2) is 13.1 Å². The van der Waals surface area contributed by atoms with Crippen LogP contribution < -0.4 is 5.32 Å². The summed E-state index contributed by atoms with van der Waals surface area (Å²) in [5.74, 6) is -0.517. The molecule has 88 valence electrons. The number of benzene rings is 1. The van der Waals surface area contributed by atoms with E-state index >= 15 is 0 Å². The first-order valence-corrected chi connectivity index (χ1v) is 5.88. The summed E-state index contributed by atoms with van der Waals surface area (Å²) in [6.07, 6.45) is 2.26. The molecule has 0 aliphatic heterocycles. The molecule has 1 fully saturated rings. The van der Waals surface area contributed by atoms with Gasteiger partial charge in [-0.3, -0.25) is 0 Å². The Morgan fingerprint density at radius 1 is 1.25 bits per heavy atom. The SMILES string of the molecule is CCNCC1CCC1c1ccc(F)c(F)c1. The van der Waals surface area contributed by atoms with E-state index in [0.717, 1.165) is 25.1 Å². The third-order valence-electron chi connectivity index (χ3n) is 3.45. The molecule has 1 aromatic carbocycles. The minimum atomic E-state index is -0.758. The van der Waals surface area contributed by atoms with Gasteiger partial charge in [0.2, 0.25) is 0 Å². The van der Waals surface area contributed by atoms with E-state index < -0.39 is 11.6 Å². The molecular weight excluding hydrogens is 208 g/mol. The second-order valence-electron chi connectivity index (χ2n) is 4.43. The van der Waals surface area contributed by atoms with Crippen molar-refractivity contribution in [3.05, 3.63) is 35.4 Å². The van der Waals surface area contributed by atoms with Gasteiger partial charge in [-0.25, -0.2) is 8.78 Å². The molecule has 1 aromatic rings. The minimum Gasteiger partial charge on any atom is -0.317 e. The van der Waals surface area contributed by atoms with Gasteiger partial charge < -0.3 is 5.32 Å². The molecule has 1 saturated carbocycles. The molecule has 0 saturated heterocycles. The van der Waals surface area contributed by atoms with Crippen molar-refractivity contribution in [3.63, 3.8) is 0 Å². The van der Waals surface area contributed by atoms with Gasteiger partial charge >= 0.3 is 0 Å². The molecule has 2 atom stereocenters. The van der Waals surface area contributed by atoms with Crippen LogP contribution in [0.2, 0.25) is 0 Å². The van der Waals surface area contributed by atoms with Gasteiger partial charge in [0.1, 0.15) is 0 Å². The van der Waals surface area contributed by atoms with Crippen molar-refractivity contribution >= 4 is 0 Å². The molecule has 0 bridgehead atoms. The van der Waals surface area contributed by atoms with E-state index in [-0.39, 0.29) is 0 Å². The fourth-order valence-corrected chi connectivity index (χ4v) is 2.32. The molecule has 0 amide bonds. The highest BCUT2D eigenvalue weighted by molar-refractivity contribution is 5.24. The third kappa shape index (κ3) is 2.24. The second-order valence-corrected chi connectivity index (χ2v) is 4.43. The van der Waals surface area contributed by atoms with Crippen LogP contribution in [0.4, 0.5) is 8.78 Å². The number of rotatable bonds is 4. The zero-order valence-corrected chi connectivity index (χ0v) is 9.47. The van der Waals surface area contributed by atoms with Gasteiger partial charge in [0.05, 0.1) is 0 Å². The van der Waals surface area contributed by atoms with Gasteiger partial charge in [-0.15, -0.1) is 0 Å². The van der Waals surface area contributed by atoms with Crippen LogP contribution in [-0.2, 0) is 0 Å². The van der Waals surface area contributed by atoms with Crippen molar-refractivity contribution in [1.29, 1.82) is 0 Å². The summed E-state index contributed by atoms with van der Waals surface area (Å²) in [5, 5.41) is 3.31. The fraction of sp³-hybridized carbons (Fsp3) is 0.538. The standard InChI is InChI=1S/C13H17F2N/c1-2-16-8-10-3-5-11(10)9-4-6-12(14)13(15)7-9/h4,6-7,10-11,16H,2-3,5,8H2,1H3. The molecule has 0 heterocycles. The monoisotopic (exact) mass is 225 g/mol. The van der Waals surface area contributed by atoms with E-state index in [4.69, 9.17) is 0 Å². The molecule has 16 heavy (non-hydrogen) atoms. The molecule has 2 unspecified atom stereocenters. The van der Waals surface area contributed by atoms with Gasteiger partial charge in [-0.2, -0.15) is 0 Å². The van der Waals surface area contributed by atoms with Gasteiger partial charge in [-0.05, 0) is 55.5 Å². The van der Waals surface area contributed by atoms with Crippen molar-refractivity contribution in [3.8, 4) is 0 Å². The molecule has 1 aliphatic carbocycles. The highest BCUT2D eigenvalue weighted by Crippen LogP contribution is 2.42. The molecule has 0 aromatic heterocycles. The summed E-state index contributed by atoms with van der Waals surface area (Å²) in [7, 11) is 0. The Hall–Kier alpha value is -0.960. The van der Waals surface area contributed by atoms with Gasteiger partial charge in [-0.1, -0.05) is 13.0 Å². The minimum absolute atomic E-state index is 0.397. The summed E-state index contributed by atoms with van der Waals surface area (Å²) in [6.45, 7) is 4.01. The fourth-order valence-electron chi connectivity index (χ4n) is 2.32. The predicted octanol–water partition coefficient (Wildman–Crippen LogP) is 3.07. The van der Waals surface area contributed by atoms with Crippen molar-refractivity contribution in [2.24, 2.45) is 5.92 Å². The number of nitrogens with one attached hydrogen (secondary N) is 1. The summed E-state index contributed by atoms with van der Waals surface area (Å²) >= 11 is 0. The maximum atomic E-state index is 13.1. The highest BCUT2D eigenvalue weighted by atomic mass is 19.2. The zero-order valence-electron chi connectivity index (χ0n) is 9.47. The Morgan fingerprint density at radius 2 is 2.06 bits per heavy atom. The first kappa shape index (κ1) is 11.5. The molecule has 1 nitrogen and oxygen atoms in total. The van der Waals surface area contributed by atoms with E-state index in [1.165, 1.54) is 18.6 Å². The molecular formula is C13H17F2N. The van der Waals surface area contributed by atoms with Gasteiger partial charge in [0, 0.05) is 0 Å². The van der Waals surface area contributed by atoms with Crippen molar-refractivity contribution < 1.29 is 8.78 Å². The Kier molecular flexibility index (Phi) is 3.54. The predicted molar refractivity (Wildman–Crippen MR) is 60.4 cm³/mol. The van der Waals surface area contributed by atoms with Crippen LogP contribution in [0.5, 0.6) is 0 Å². The smallest absolute Gasteiger partial charge is 0.159 e. The van der Waals surface area contributed by atoms with Gasteiger partial charge in [0.25, 0.3) is 0 Å². The quantitative estimate of drug-likeness (QED) is 0.830. The molecule has 1 aliphatic rings. The van der Waals surface area contributed by atoms with Crippen molar-refractivity contribution in [1.82, 2.24) is 5.32 Å². The van der Waals surface area contributed by atoms with E-state index in [0.29, 0.717) is 11.8 Å². The van der Waals surface area contributed by atoms with E-state index in [9.17, 15) is 8.78 Å². The Balaban J connectivity index is 2.04. The number of halogens is 2. The van der Waals surface area contributed by atoms with Crippen LogP contribution in [0.1, 0.15) is 31.2 Å². The highest BCUT2D eigenvalue weighted by Gasteiger charge is 2.31. The maximum Gasteiger partial charge on any atom is 0.159 e. The normalized spacial score (nSPS) is 24.2. The summed E-state index contributed by atoms with van der Waals surface area (Å²) in [6, 6.07) is 4.28. The number of hydrogen-bond acceptors (Lipinski definition) is 1. The van der Waals surface area contributed by atoms with Crippen LogP contribution in [0, 0.1) is 17.6 Å². The van der Waals surface area contributed by atoms with Crippen LogP contribution in [0.25, 0.3) is 0 Å². The molecule has 2 rings (SSSR count). The zero-order chi connectivity index (χ0) is 11.5. The Labute approximate surface area is 94.9 Å². The molecule has 0 spiro atoms. The van der Waals surface area contributed by atoms with Crippen LogP contribution >= 0.6 is 0 Å². The Morgan fingerprint density at radius 3 is 2.62 bits per heavy atom.